The van der Waals surface area contributed by atoms with Gasteiger partial charge in [-0.25, -0.2) is 17.2 Å². The number of nitrogens with one attached hydrogen (secondary N) is 1. The van der Waals surface area contributed by atoms with Crippen molar-refractivity contribution in [2.24, 2.45) is 5.73 Å². The third-order valence-corrected chi connectivity index (χ3v) is 9.11. The predicted molar refractivity (Wildman–Crippen MR) is 160 cm³/mol. The van der Waals surface area contributed by atoms with Gasteiger partial charge in [0.2, 0.25) is 15.9 Å². The topological polar surface area (TPSA) is 126 Å². The molecule has 1 aliphatic heterocycles. The highest BCUT2D eigenvalue weighted by atomic mass is 32.2. The third-order valence-electron chi connectivity index (χ3n) is 7.91. The normalized spacial score (nSPS) is 16.2. The van der Waals surface area contributed by atoms with Crippen LogP contribution in [-0.4, -0.2) is 58.6 Å². The maximum atomic E-state index is 14.4. The molecule has 0 bridgehead atoms. The molecule has 1 fully saturated rings. The molecule has 3 aromatic carbocycles. The Labute approximate surface area is 248 Å². The minimum Gasteiger partial charge on any atom is -0.455 e. The molecule has 1 aliphatic rings. The minimum atomic E-state index is -3.72. The first-order valence-electron chi connectivity index (χ1n) is 13.7. The zero-order valence-corrected chi connectivity index (χ0v) is 24.8. The Morgan fingerprint density at radius 3 is 2.47 bits per heavy atom. The zero-order valence-electron chi connectivity index (χ0n) is 23.9. The van der Waals surface area contributed by atoms with E-state index in [1.807, 2.05) is 0 Å². The Kier molecular flexibility index (Phi) is 8.26. The van der Waals surface area contributed by atoms with Crippen molar-refractivity contribution in [2.75, 3.05) is 37.7 Å². The van der Waals surface area contributed by atoms with Gasteiger partial charge in [-0.3, -0.25) is 13.9 Å². The van der Waals surface area contributed by atoms with Crippen LogP contribution in [0.15, 0.2) is 65.1 Å². The number of nitrogens with zero attached hydrogens (tertiary/aromatic N) is 2. The second-order valence-electron chi connectivity index (χ2n) is 10.7. The summed E-state index contributed by atoms with van der Waals surface area (Å²) in [4.78, 5) is 28.1. The molecule has 3 N–H and O–H groups in total. The monoisotopic (exact) mass is 610 g/mol. The van der Waals surface area contributed by atoms with Gasteiger partial charge in [0.1, 0.15) is 29.0 Å². The average molecular weight is 611 g/mol. The van der Waals surface area contributed by atoms with Crippen LogP contribution in [0.4, 0.5) is 14.5 Å². The fourth-order valence-electron chi connectivity index (χ4n) is 5.57. The molecular weight excluding hydrogens is 578 g/mol. The maximum Gasteiger partial charge on any atom is 0.255 e. The van der Waals surface area contributed by atoms with Gasteiger partial charge in [-0.1, -0.05) is 18.2 Å². The van der Waals surface area contributed by atoms with Gasteiger partial charge in [0.15, 0.2) is 0 Å². The van der Waals surface area contributed by atoms with E-state index in [9.17, 15) is 26.8 Å². The smallest absolute Gasteiger partial charge is 0.255 e. The number of likely N-dealkylation sites (tertiary alicyclic amines) is 1. The Balaban J connectivity index is 1.62. The summed E-state index contributed by atoms with van der Waals surface area (Å²) in [6.45, 7) is 0.607. The molecule has 2 atom stereocenters. The Bertz CT molecular complexity index is 1810. The molecule has 2 amide bonds. The standard InChI is InChI=1S/C31H32F2N4O5S/c1-35-30(38)27-23-15-22(19-7-6-14-37(17-19)31(39)28(34)21-8-4-5-9-24(21)33)25(36(2)43(3,40)41)16-26(23)42-29(27)18-10-12-20(32)13-11-18/h4-5,8-13,15-16,19,28H,6-7,14,17,34H2,1-3H3,(H,35,38)/t19?,28-/m1/s1. The highest BCUT2D eigenvalue weighted by Crippen LogP contribution is 2.42. The summed E-state index contributed by atoms with van der Waals surface area (Å²) in [6, 6.07) is 13.4. The maximum absolute atomic E-state index is 14.4. The van der Waals surface area contributed by atoms with Crippen LogP contribution in [0.1, 0.15) is 46.3 Å². The quantitative estimate of drug-likeness (QED) is 0.317. The van der Waals surface area contributed by atoms with Crippen LogP contribution in [0.2, 0.25) is 0 Å². The van der Waals surface area contributed by atoms with Crippen molar-refractivity contribution in [1.82, 2.24) is 10.2 Å². The van der Waals surface area contributed by atoms with E-state index in [4.69, 9.17) is 10.2 Å². The van der Waals surface area contributed by atoms with Gasteiger partial charge in [0.05, 0.1) is 17.5 Å². The molecule has 12 heteroatoms. The number of nitrogens with two attached hydrogens (primary N) is 1. The van der Waals surface area contributed by atoms with Crippen molar-refractivity contribution in [3.63, 3.8) is 0 Å². The first-order chi connectivity index (χ1) is 20.4. The summed E-state index contributed by atoms with van der Waals surface area (Å²) < 4.78 is 60.8. The minimum absolute atomic E-state index is 0.0930. The molecule has 0 spiro atoms. The van der Waals surface area contributed by atoms with Gasteiger partial charge in [0, 0.05) is 55.7 Å². The molecule has 1 unspecified atom stereocenters. The summed E-state index contributed by atoms with van der Waals surface area (Å²) in [5.74, 6) is -2.04. The van der Waals surface area contributed by atoms with E-state index < -0.39 is 39.5 Å². The molecule has 9 nitrogen and oxygen atoms in total. The van der Waals surface area contributed by atoms with Crippen LogP contribution in [0.5, 0.6) is 0 Å². The van der Waals surface area contributed by atoms with Crippen molar-refractivity contribution in [3.8, 4) is 11.3 Å². The summed E-state index contributed by atoms with van der Waals surface area (Å²) in [5.41, 5.74) is 8.15. The molecule has 5 rings (SSSR count). The van der Waals surface area contributed by atoms with Gasteiger partial charge in [-0.05, 0) is 54.8 Å². The summed E-state index contributed by atoms with van der Waals surface area (Å²) in [5, 5.41) is 3.06. The Morgan fingerprint density at radius 1 is 1.12 bits per heavy atom. The summed E-state index contributed by atoms with van der Waals surface area (Å²) >= 11 is 0. The van der Waals surface area contributed by atoms with Crippen LogP contribution in [0.3, 0.4) is 0 Å². The number of hydrogen-bond acceptors (Lipinski definition) is 6. The van der Waals surface area contributed by atoms with E-state index in [0.717, 1.165) is 10.6 Å². The molecule has 0 radical (unpaired) electrons. The fourth-order valence-corrected chi connectivity index (χ4v) is 6.09. The lowest BCUT2D eigenvalue weighted by atomic mass is 9.87. The lowest BCUT2D eigenvalue weighted by Crippen LogP contribution is -2.44. The predicted octanol–water partition coefficient (Wildman–Crippen LogP) is 4.54. The number of rotatable bonds is 7. The van der Waals surface area contributed by atoms with Gasteiger partial charge < -0.3 is 20.4 Å². The van der Waals surface area contributed by atoms with E-state index in [0.29, 0.717) is 41.6 Å². The van der Waals surface area contributed by atoms with E-state index in [1.165, 1.54) is 56.6 Å². The van der Waals surface area contributed by atoms with Crippen molar-refractivity contribution < 1.29 is 31.2 Å². The number of sulfonamides is 1. The van der Waals surface area contributed by atoms with Gasteiger partial charge in [-0.2, -0.15) is 0 Å². The first-order valence-corrected chi connectivity index (χ1v) is 15.6. The van der Waals surface area contributed by atoms with Crippen LogP contribution in [0, 0.1) is 11.6 Å². The average Bonchev–Trinajstić information content (AvgIpc) is 3.37. The van der Waals surface area contributed by atoms with Crippen LogP contribution >= 0.6 is 0 Å². The Morgan fingerprint density at radius 2 is 1.81 bits per heavy atom. The zero-order chi connectivity index (χ0) is 31.1. The van der Waals surface area contributed by atoms with Crippen LogP contribution < -0.4 is 15.4 Å². The van der Waals surface area contributed by atoms with Crippen molar-refractivity contribution in [3.05, 3.63) is 89.0 Å². The third kappa shape index (κ3) is 5.84. The van der Waals surface area contributed by atoms with Crippen molar-refractivity contribution in [1.29, 1.82) is 0 Å². The number of piperidine rings is 1. The number of furan rings is 1. The van der Waals surface area contributed by atoms with E-state index in [-0.39, 0.29) is 34.9 Å². The van der Waals surface area contributed by atoms with E-state index >= 15 is 0 Å². The highest BCUT2D eigenvalue weighted by molar-refractivity contribution is 7.92. The number of carbonyl (C=O) groups is 2. The largest absolute Gasteiger partial charge is 0.455 e. The van der Waals surface area contributed by atoms with E-state index in [2.05, 4.69) is 5.32 Å². The number of benzene rings is 3. The molecule has 0 saturated carbocycles. The number of anilines is 1. The molecule has 226 valence electrons. The molecule has 2 heterocycles. The van der Waals surface area contributed by atoms with Gasteiger partial charge >= 0.3 is 0 Å². The number of halogens is 2. The Hall–Kier alpha value is -4.29. The van der Waals surface area contributed by atoms with Gasteiger partial charge in [0.25, 0.3) is 5.91 Å². The van der Waals surface area contributed by atoms with E-state index in [1.54, 1.807) is 23.1 Å². The molecule has 1 aromatic heterocycles. The highest BCUT2D eigenvalue weighted by Gasteiger charge is 2.33. The lowest BCUT2D eigenvalue weighted by molar-refractivity contribution is -0.134. The molecule has 1 saturated heterocycles. The second-order valence-corrected chi connectivity index (χ2v) is 12.7. The van der Waals surface area contributed by atoms with Crippen LogP contribution in [-0.2, 0) is 14.8 Å². The van der Waals surface area contributed by atoms with Crippen LogP contribution in [0.25, 0.3) is 22.3 Å². The van der Waals surface area contributed by atoms with Gasteiger partial charge in [-0.15, -0.1) is 0 Å². The second kappa shape index (κ2) is 11.8. The molecule has 43 heavy (non-hydrogen) atoms. The number of carbonyl (C=O) groups excluding carboxylic acids is 2. The van der Waals surface area contributed by atoms with Crippen molar-refractivity contribution in [2.45, 2.75) is 24.8 Å². The summed E-state index contributed by atoms with van der Waals surface area (Å²) in [7, 11) is -0.825. The number of fused-ring (bicyclic) bond motifs is 1. The molecule has 0 aliphatic carbocycles. The fraction of sp³-hybridized carbons (Fsp3) is 0.290. The SMILES string of the molecule is CNC(=O)c1c(-c2ccc(F)cc2)oc2cc(N(C)S(C)(=O)=O)c(C3CCCN(C(=O)[C@H](N)c4ccccc4F)C3)cc12. The number of hydrogen-bond donors (Lipinski definition) is 2. The molecular formula is C31H32F2N4O5S. The first kappa shape index (κ1) is 30.2. The number of amides is 2. The molecule has 4 aromatic rings. The van der Waals surface area contributed by atoms with Crippen molar-refractivity contribution >= 4 is 38.5 Å². The lowest BCUT2D eigenvalue weighted by Gasteiger charge is -2.36. The summed E-state index contributed by atoms with van der Waals surface area (Å²) in [6.07, 6.45) is 2.29.